The zero-order valence-corrected chi connectivity index (χ0v) is 14.6. The van der Waals surface area contributed by atoms with Gasteiger partial charge in [-0.15, -0.1) is 0 Å². The van der Waals surface area contributed by atoms with Crippen molar-refractivity contribution in [1.82, 2.24) is 4.90 Å². The van der Waals surface area contributed by atoms with Crippen LogP contribution in [0.4, 0.5) is 0 Å². The van der Waals surface area contributed by atoms with Crippen LogP contribution in [0, 0.1) is 0 Å². The molecule has 0 bridgehead atoms. The van der Waals surface area contributed by atoms with Crippen LogP contribution in [-0.2, 0) is 14.4 Å². The second kappa shape index (κ2) is 6.80. The number of primary amides is 1. The lowest BCUT2D eigenvalue weighted by Gasteiger charge is -2.44. The Labute approximate surface area is 143 Å². The van der Waals surface area contributed by atoms with Crippen LogP contribution in [0.3, 0.4) is 0 Å². The summed E-state index contributed by atoms with van der Waals surface area (Å²) in [5, 5.41) is 0. The molecule has 3 aliphatic heterocycles. The molecule has 3 aliphatic rings. The van der Waals surface area contributed by atoms with Gasteiger partial charge in [-0.25, -0.2) is 0 Å². The number of imide groups is 1. The molecule has 0 unspecified atom stereocenters. The third-order valence-electron chi connectivity index (χ3n) is 6.40. The number of nitrogens with one attached hydrogen (secondary N) is 2. The van der Waals surface area contributed by atoms with Crippen molar-refractivity contribution in [3.05, 3.63) is 0 Å². The van der Waals surface area contributed by atoms with Crippen molar-refractivity contribution in [2.75, 3.05) is 32.7 Å². The van der Waals surface area contributed by atoms with Crippen LogP contribution in [0.1, 0.15) is 45.4 Å². The second-order valence-corrected chi connectivity index (χ2v) is 7.50. The maximum Gasteiger partial charge on any atom is 0.287 e. The van der Waals surface area contributed by atoms with E-state index in [-0.39, 0.29) is 23.8 Å². The Morgan fingerprint density at radius 2 is 1.79 bits per heavy atom. The molecule has 3 rings (SSSR count). The molecule has 3 fully saturated rings. The number of nitrogens with two attached hydrogens (primary N) is 1. The number of piperidine rings is 2. The summed E-state index contributed by atoms with van der Waals surface area (Å²) in [5.74, 6) is -0.301. The van der Waals surface area contributed by atoms with E-state index in [1.165, 1.54) is 16.2 Å². The highest BCUT2D eigenvalue weighted by Gasteiger charge is 2.53. The highest BCUT2D eigenvalue weighted by atomic mass is 16.2. The zero-order chi connectivity index (χ0) is 17.3. The van der Waals surface area contributed by atoms with Crippen molar-refractivity contribution in [2.24, 2.45) is 5.73 Å². The predicted octanol–water partition coefficient (Wildman–Crippen LogP) is -2.89. The lowest BCUT2D eigenvalue weighted by molar-refractivity contribution is -0.978. The van der Waals surface area contributed by atoms with Crippen LogP contribution >= 0.6 is 0 Å². The Morgan fingerprint density at radius 1 is 1.17 bits per heavy atom. The Morgan fingerprint density at radius 3 is 2.29 bits per heavy atom. The van der Waals surface area contributed by atoms with E-state index in [0.29, 0.717) is 13.0 Å². The highest BCUT2D eigenvalue weighted by Crippen LogP contribution is 2.17. The second-order valence-electron chi connectivity index (χ2n) is 7.50. The summed E-state index contributed by atoms with van der Waals surface area (Å²) in [6, 6.07) is -0.264. The standard InChI is InChI=1S/C17H28N4O3/c1-2-21-14(22)12-13(15(21)23)19-10-6-17(7-11-19,16(18)24)20-8-4-3-5-9-20/h13H,2-12H2,1H3,(H2,18,24)/p+2/t13-/m0/s1. The van der Waals surface area contributed by atoms with Gasteiger partial charge in [0.2, 0.25) is 5.91 Å². The van der Waals surface area contributed by atoms with Gasteiger partial charge in [0.15, 0.2) is 11.6 Å². The Hall–Kier alpha value is -1.47. The summed E-state index contributed by atoms with van der Waals surface area (Å²) in [4.78, 5) is 40.5. The lowest BCUT2D eigenvalue weighted by Crippen LogP contribution is -3.27. The number of rotatable bonds is 4. The summed E-state index contributed by atoms with van der Waals surface area (Å²) >= 11 is 0. The molecule has 7 heteroatoms. The molecule has 7 nitrogen and oxygen atoms in total. The summed E-state index contributed by atoms with van der Waals surface area (Å²) in [6.07, 6.45) is 5.29. The largest absolute Gasteiger partial charge is 0.364 e. The van der Waals surface area contributed by atoms with Crippen LogP contribution in [0.15, 0.2) is 0 Å². The molecular formula is C17H30N4O3+2. The predicted molar refractivity (Wildman–Crippen MR) is 87.2 cm³/mol. The van der Waals surface area contributed by atoms with E-state index in [9.17, 15) is 14.4 Å². The summed E-state index contributed by atoms with van der Waals surface area (Å²) in [6.45, 7) is 5.80. The summed E-state index contributed by atoms with van der Waals surface area (Å²) < 4.78 is 0. The first kappa shape index (κ1) is 17.4. The molecule has 0 aliphatic carbocycles. The lowest BCUT2D eigenvalue weighted by atomic mass is 9.83. The van der Waals surface area contributed by atoms with Crippen LogP contribution in [-0.4, -0.2) is 66.9 Å². The molecule has 4 N–H and O–H groups in total. The van der Waals surface area contributed by atoms with Crippen LogP contribution < -0.4 is 15.5 Å². The van der Waals surface area contributed by atoms with E-state index in [0.717, 1.165) is 56.8 Å². The van der Waals surface area contributed by atoms with Gasteiger partial charge < -0.3 is 15.5 Å². The first-order chi connectivity index (χ1) is 11.5. The van der Waals surface area contributed by atoms with Gasteiger partial charge in [0.25, 0.3) is 11.8 Å². The maximum atomic E-state index is 12.4. The number of carbonyl (C=O) groups is 3. The first-order valence-electron chi connectivity index (χ1n) is 9.33. The molecule has 3 saturated heterocycles. The number of likely N-dealkylation sites (tertiary alicyclic amines) is 3. The van der Waals surface area contributed by atoms with Crippen LogP contribution in [0.5, 0.6) is 0 Å². The minimum atomic E-state index is -0.472. The molecule has 0 radical (unpaired) electrons. The van der Waals surface area contributed by atoms with Gasteiger partial charge >= 0.3 is 0 Å². The number of quaternary nitrogens is 2. The van der Waals surface area contributed by atoms with E-state index in [1.807, 2.05) is 6.92 Å². The molecule has 0 spiro atoms. The van der Waals surface area contributed by atoms with Gasteiger partial charge in [-0.05, 0) is 26.2 Å². The van der Waals surface area contributed by atoms with Gasteiger partial charge in [-0.1, -0.05) is 0 Å². The van der Waals surface area contributed by atoms with E-state index in [2.05, 4.69) is 0 Å². The molecule has 3 amide bonds. The van der Waals surface area contributed by atoms with Crippen molar-refractivity contribution in [2.45, 2.75) is 57.0 Å². The minimum absolute atomic E-state index is 0.0469. The topological polar surface area (TPSA) is 89.3 Å². The molecule has 134 valence electrons. The number of hydrogen-bond donors (Lipinski definition) is 3. The number of carbonyl (C=O) groups excluding carboxylic acids is 3. The average molecular weight is 338 g/mol. The minimum Gasteiger partial charge on any atom is -0.364 e. The van der Waals surface area contributed by atoms with Crippen molar-refractivity contribution in [1.29, 1.82) is 0 Å². The number of amides is 3. The molecule has 0 aromatic rings. The Kier molecular flexibility index (Phi) is 4.92. The van der Waals surface area contributed by atoms with Crippen molar-refractivity contribution in [3.8, 4) is 0 Å². The van der Waals surface area contributed by atoms with E-state index in [4.69, 9.17) is 5.73 Å². The normalized spacial score (nSPS) is 35.5. The van der Waals surface area contributed by atoms with Gasteiger partial charge in [0, 0.05) is 6.54 Å². The molecule has 0 aromatic heterocycles. The van der Waals surface area contributed by atoms with E-state index < -0.39 is 5.54 Å². The first-order valence-corrected chi connectivity index (χ1v) is 9.33. The monoisotopic (exact) mass is 338 g/mol. The summed E-state index contributed by atoms with van der Waals surface area (Å²) in [5.41, 5.74) is 5.35. The van der Waals surface area contributed by atoms with Gasteiger partial charge in [-0.2, -0.15) is 0 Å². The van der Waals surface area contributed by atoms with Crippen molar-refractivity contribution < 1.29 is 24.2 Å². The molecule has 0 saturated carbocycles. The molecule has 1 atom stereocenters. The molecule has 3 heterocycles. The highest BCUT2D eigenvalue weighted by molar-refractivity contribution is 6.04. The number of likely N-dealkylation sites (N-methyl/N-ethyl adjacent to an activating group) is 1. The van der Waals surface area contributed by atoms with Crippen molar-refractivity contribution in [3.63, 3.8) is 0 Å². The van der Waals surface area contributed by atoms with Gasteiger partial charge in [0.05, 0.1) is 45.4 Å². The van der Waals surface area contributed by atoms with Crippen LogP contribution in [0.25, 0.3) is 0 Å². The number of hydrogen-bond acceptors (Lipinski definition) is 3. The number of nitrogens with zero attached hydrogens (tertiary/aromatic N) is 1. The van der Waals surface area contributed by atoms with Gasteiger partial charge in [0.1, 0.15) is 0 Å². The molecule has 0 aromatic carbocycles. The molecular weight excluding hydrogens is 308 g/mol. The Bertz CT molecular complexity index is 522. The van der Waals surface area contributed by atoms with Crippen molar-refractivity contribution >= 4 is 17.7 Å². The van der Waals surface area contributed by atoms with Crippen LogP contribution in [0.2, 0.25) is 0 Å². The van der Waals surface area contributed by atoms with Gasteiger partial charge in [-0.3, -0.25) is 19.3 Å². The van der Waals surface area contributed by atoms with E-state index in [1.54, 1.807) is 0 Å². The summed E-state index contributed by atoms with van der Waals surface area (Å²) in [7, 11) is 0. The smallest absolute Gasteiger partial charge is 0.287 e. The fourth-order valence-corrected chi connectivity index (χ4v) is 4.91. The Balaban J connectivity index is 1.68. The van der Waals surface area contributed by atoms with E-state index >= 15 is 0 Å². The fraction of sp³-hybridized carbons (Fsp3) is 0.824. The maximum absolute atomic E-state index is 12.4. The quantitative estimate of drug-likeness (QED) is 0.481. The third kappa shape index (κ3) is 2.84. The molecule has 24 heavy (non-hydrogen) atoms. The third-order valence-corrected chi connectivity index (χ3v) is 6.40. The fourth-order valence-electron chi connectivity index (χ4n) is 4.91. The average Bonchev–Trinajstić information content (AvgIpc) is 2.89. The SMILES string of the molecule is CCN1C(=O)C[C@H]([NH+]2CCC(C(N)=O)([NH+]3CCCCC3)CC2)C1=O. The zero-order valence-electron chi connectivity index (χ0n) is 14.6.